The molecule has 2 aliphatic rings. The third kappa shape index (κ3) is 6.00. The van der Waals surface area contributed by atoms with Crippen LogP contribution in [0.5, 0.6) is 5.75 Å². The highest BCUT2D eigenvalue weighted by atomic mass is 16.5. The van der Waals surface area contributed by atoms with Crippen molar-refractivity contribution in [2.24, 2.45) is 10.9 Å². The van der Waals surface area contributed by atoms with E-state index in [1.54, 1.807) is 0 Å². The van der Waals surface area contributed by atoms with Crippen molar-refractivity contribution < 1.29 is 9.47 Å². The fourth-order valence-electron chi connectivity index (χ4n) is 4.19. The van der Waals surface area contributed by atoms with Crippen molar-refractivity contribution in [1.29, 1.82) is 0 Å². The Morgan fingerprint density at radius 1 is 1.25 bits per heavy atom. The summed E-state index contributed by atoms with van der Waals surface area (Å²) in [5.74, 6) is 4.25. The lowest BCUT2D eigenvalue weighted by Crippen LogP contribution is -2.37. The van der Waals surface area contributed by atoms with E-state index in [1.165, 1.54) is 24.8 Å². The Hall–Kier alpha value is -2.61. The summed E-state index contributed by atoms with van der Waals surface area (Å²) in [4.78, 5) is 4.82. The number of hydrogen-bond acceptors (Lipinski definition) is 5. The van der Waals surface area contributed by atoms with Gasteiger partial charge in [0.1, 0.15) is 11.6 Å². The molecule has 0 spiro atoms. The minimum atomic E-state index is 0.476. The minimum absolute atomic E-state index is 0.476. The molecular formula is C24H36N6O2. The molecular weight excluding hydrogens is 404 g/mol. The molecule has 2 N–H and O–H groups in total. The second-order valence-electron chi connectivity index (χ2n) is 8.70. The number of aryl methyl sites for hydroxylation is 2. The molecule has 4 rings (SSSR count). The Balaban J connectivity index is 1.40. The van der Waals surface area contributed by atoms with Gasteiger partial charge in [0, 0.05) is 37.6 Å². The lowest BCUT2D eigenvalue weighted by molar-refractivity contribution is 0.166. The molecule has 8 nitrogen and oxygen atoms in total. The van der Waals surface area contributed by atoms with E-state index in [1.807, 2.05) is 0 Å². The standard InChI is InChI=1S/C24H36N6O2/c1-3-25-24(27-15-23-29-28-22-7-5-4-6-11-30(22)23)26-14-20-9-8-18(2)13-21(20)32-17-19-10-12-31-16-19/h8-9,13,19H,3-7,10-12,14-17H2,1-2H3,(H2,25,26,27). The third-order valence-corrected chi connectivity index (χ3v) is 6.07. The molecule has 1 aromatic carbocycles. The quantitative estimate of drug-likeness (QED) is 0.485. The predicted molar refractivity (Wildman–Crippen MR) is 125 cm³/mol. The predicted octanol–water partition coefficient (Wildman–Crippen LogP) is 2.98. The number of nitrogens with one attached hydrogen (secondary N) is 2. The van der Waals surface area contributed by atoms with Crippen molar-refractivity contribution in [3.63, 3.8) is 0 Å². The molecule has 0 saturated carbocycles. The maximum atomic E-state index is 6.18. The molecule has 1 atom stereocenters. The number of aromatic nitrogens is 3. The van der Waals surface area contributed by atoms with Crippen molar-refractivity contribution >= 4 is 5.96 Å². The lowest BCUT2D eigenvalue weighted by atomic mass is 10.1. The fraction of sp³-hybridized carbons (Fsp3) is 0.625. The van der Waals surface area contributed by atoms with Gasteiger partial charge in [-0.25, -0.2) is 4.99 Å². The average Bonchev–Trinajstić information content (AvgIpc) is 3.39. The molecule has 2 aromatic rings. The van der Waals surface area contributed by atoms with Gasteiger partial charge in [0.25, 0.3) is 0 Å². The normalized spacial score (nSPS) is 18.8. The number of nitrogens with zero attached hydrogens (tertiary/aromatic N) is 4. The van der Waals surface area contributed by atoms with E-state index in [4.69, 9.17) is 14.5 Å². The van der Waals surface area contributed by atoms with E-state index in [0.29, 0.717) is 25.6 Å². The Labute approximate surface area is 190 Å². The van der Waals surface area contributed by atoms with Crippen LogP contribution in [0, 0.1) is 12.8 Å². The van der Waals surface area contributed by atoms with E-state index >= 15 is 0 Å². The van der Waals surface area contributed by atoms with Gasteiger partial charge < -0.3 is 24.7 Å². The van der Waals surface area contributed by atoms with Crippen molar-refractivity contribution in [3.05, 3.63) is 41.0 Å². The molecule has 2 aliphatic heterocycles. The summed E-state index contributed by atoms with van der Waals surface area (Å²) >= 11 is 0. The number of aliphatic imine (C=N–C) groups is 1. The van der Waals surface area contributed by atoms with Gasteiger partial charge >= 0.3 is 0 Å². The van der Waals surface area contributed by atoms with Crippen LogP contribution in [0.15, 0.2) is 23.2 Å². The number of benzene rings is 1. The maximum Gasteiger partial charge on any atom is 0.191 e. The molecule has 0 aliphatic carbocycles. The molecule has 1 unspecified atom stereocenters. The topological polar surface area (TPSA) is 85.6 Å². The van der Waals surface area contributed by atoms with E-state index in [-0.39, 0.29) is 0 Å². The monoisotopic (exact) mass is 440 g/mol. The van der Waals surface area contributed by atoms with Gasteiger partial charge in [-0.1, -0.05) is 18.6 Å². The second-order valence-corrected chi connectivity index (χ2v) is 8.70. The van der Waals surface area contributed by atoms with Gasteiger partial charge in [-0.05, 0) is 44.7 Å². The van der Waals surface area contributed by atoms with E-state index in [9.17, 15) is 0 Å². The van der Waals surface area contributed by atoms with Crippen LogP contribution in [-0.4, -0.2) is 47.1 Å². The highest BCUT2D eigenvalue weighted by Gasteiger charge is 2.17. The molecule has 1 fully saturated rings. The van der Waals surface area contributed by atoms with Gasteiger partial charge in [-0.15, -0.1) is 10.2 Å². The summed E-state index contributed by atoms with van der Waals surface area (Å²) in [5.41, 5.74) is 2.27. The van der Waals surface area contributed by atoms with Crippen LogP contribution in [0.3, 0.4) is 0 Å². The van der Waals surface area contributed by atoms with Crippen molar-refractivity contribution in [2.75, 3.05) is 26.4 Å². The molecule has 3 heterocycles. The first-order valence-electron chi connectivity index (χ1n) is 12.0. The summed E-state index contributed by atoms with van der Waals surface area (Å²) in [6.07, 6.45) is 5.74. The molecule has 0 bridgehead atoms. The lowest BCUT2D eigenvalue weighted by Gasteiger charge is -2.15. The van der Waals surface area contributed by atoms with Gasteiger partial charge in [0.05, 0.1) is 26.3 Å². The van der Waals surface area contributed by atoms with Gasteiger partial charge in [0.2, 0.25) is 0 Å². The summed E-state index contributed by atoms with van der Waals surface area (Å²) in [5, 5.41) is 15.6. The highest BCUT2D eigenvalue weighted by molar-refractivity contribution is 5.79. The summed E-state index contributed by atoms with van der Waals surface area (Å²) < 4.78 is 13.9. The number of ether oxygens (including phenoxy) is 2. The third-order valence-electron chi connectivity index (χ3n) is 6.07. The molecule has 8 heteroatoms. The number of fused-ring (bicyclic) bond motifs is 1. The molecule has 1 saturated heterocycles. The first-order valence-corrected chi connectivity index (χ1v) is 12.0. The molecule has 0 radical (unpaired) electrons. The van der Waals surface area contributed by atoms with Crippen LogP contribution in [0.25, 0.3) is 0 Å². The Bertz CT molecular complexity index is 904. The zero-order valence-electron chi connectivity index (χ0n) is 19.4. The Morgan fingerprint density at radius 2 is 2.19 bits per heavy atom. The number of hydrogen-bond donors (Lipinski definition) is 2. The SMILES string of the molecule is CCNC(=NCc1ccc(C)cc1OCC1CCOC1)NCc1nnc2n1CCCCC2. The van der Waals surface area contributed by atoms with Crippen LogP contribution in [-0.2, 0) is 30.8 Å². The molecule has 32 heavy (non-hydrogen) atoms. The average molecular weight is 441 g/mol. The summed E-state index contributed by atoms with van der Waals surface area (Å²) in [7, 11) is 0. The Kier molecular flexibility index (Phi) is 7.98. The molecule has 0 amide bonds. The Morgan fingerprint density at radius 3 is 3.03 bits per heavy atom. The largest absolute Gasteiger partial charge is 0.493 e. The first kappa shape index (κ1) is 22.6. The van der Waals surface area contributed by atoms with Crippen LogP contribution < -0.4 is 15.4 Å². The summed E-state index contributed by atoms with van der Waals surface area (Å²) in [6.45, 7) is 9.44. The van der Waals surface area contributed by atoms with Gasteiger partial charge in [-0.3, -0.25) is 0 Å². The highest BCUT2D eigenvalue weighted by Crippen LogP contribution is 2.23. The van der Waals surface area contributed by atoms with E-state index < -0.39 is 0 Å². The smallest absolute Gasteiger partial charge is 0.191 e. The fourth-order valence-corrected chi connectivity index (χ4v) is 4.19. The van der Waals surface area contributed by atoms with Crippen molar-refractivity contribution in [3.8, 4) is 5.75 Å². The number of rotatable bonds is 8. The number of guanidine groups is 1. The summed E-state index contributed by atoms with van der Waals surface area (Å²) in [6, 6.07) is 6.33. The van der Waals surface area contributed by atoms with Crippen LogP contribution >= 0.6 is 0 Å². The van der Waals surface area contributed by atoms with E-state index in [0.717, 1.165) is 68.1 Å². The van der Waals surface area contributed by atoms with Crippen molar-refractivity contribution in [2.45, 2.75) is 65.6 Å². The first-order chi connectivity index (χ1) is 15.7. The van der Waals surface area contributed by atoms with Gasteiger partial charge in [0.15, 0.2) is 11.8 Å². The zero-order chi connectivity index (χ0) is 22.2. The zero-order valence-corrected chi connectivity index (χ0v) is 19.4. The van der Waals surface area contributed by atoms with Crippen LogP contribution in [0.1, 0.15) is 55.4 Å². The van der Waals surface area contributed by atoms with Crippen molar-refractivity contribution in [1.82, 2.24) is 25.4 Å². The minimum Gasteiger partial charge on any atom is -0.493 e. The van der Waals surface area contributed by atoms with Gasteiger partial charge in [-0.2, -0.15) is 0 Å². The molecule has 174 valence electrons. The maximum absolute atomic E-state index is 6.18. The van der Waals surface area contributed by atoms with Crippen LogP contribution in [0.2, 0.25) is 0 Å². The molecule has 1 aromatic heterocycles. The van der Waals surface area contributed by atoms with E-state index in [2.05, 4.69) is 57.4 Å². The second kappa shape index (κ2) is 11.3. The van der Waals surface area contributed by atoms with Crippen LogP contribution in [0.4, 0.5) is 0 Å².